The highest BCUT2D eigenvalue weighted by Gasteiger charge is 2.38. The van der Waals surface area contributed by atoms with Crippen molar-refractivity contribution in [3.8, 4) is 0 Å². The normalized spacial score (nSPS) is 39.5. The first-order chi connectivity index (χ1) is 10.5. The van der Waals surface area contributed by atoms with E-state index in [0.717, 1.165) is 25.7 Å². The molecule has 2 rings (SSSR count). The number of carbonyl (C=O) groups excluding carboxylic acids is 1. The summed E-state index contributed by atoms with van der Waals surface area (Å²) in [5.74, 6) is -0.736. The van der Waals surface area contributed by atoms with Gasteiger partial charge in [-0.15, -0.1) is 0 Å². The zero-order valence-corrected chi connectivity index (χ0v) is 12.5. The van der Waals surface area contributed by atoms with Gasteiger partial charge in [-0.25, -0.2) is 18.7 Å². The molecule has 128 valence electrons. The summed E-state index contributed by atoms with van der Waals surface area (Å²) in [6.07, 6.45) is -1.71. The summed E-state index contributed by atoms with van der Waals surface area (Å²) < 4.78 is 45.8. The lowest BCUT2D eigenvalue weighted by atomic mass is 9.84. The third kappa shape index (κ3) is 4.84. The summed E-state index contributed by atoms with van der Waals surface area (Å²) in [6, 6.07) is 0. The van der Waals surface area contributed by atoms with E-state index in [1.807, 2.05) is 0 Å². The first-order valence-electron chi connectivity index (χ1n) is 7.96. The monoisotopic (exact) mass is 323 g/mol. The van der Waals surface area contributed by atoms with Crippen molar-refractivity contribution in [3.63, 3.8) is 0 Å². The van der Waals surface area contributed by atoms with Crippen molar-refractivity contribution in [1.29, 1.82) is 0 Å². The van der Waals surface area contributed by atoms with Crippen LogP contribution in [-0.2, 0) is 9.53 Å². The Balaban J connectivity index is 1.67. The van der Waals surface area contributed by atoms with Gasteiger partial charge < -0.3 is 4.74 Å². The predicted molar refractivity (Wildman–Crippen MR) is 73.7 cm³/mol. The Bertz CT molecular complexity index is 364. The standard InChI is InChI=1S/C15H24F3NO3/c16-12-7-14(18)13(17)6-10(12)8-22-11-3-1-9(2-4-11)5-15(20)19-21/h9-14,21H,1-8H2,(H,19,20). The van der Waals surface area contributed by atoms with Gasteiger partial charge in [-0.3, -0.25) is 10.0 Å². The van der Waals surface area contributed by atoms with Gasteiger partial charge in [0.05, 0.1) is 12.7 Å². The number of hydrogen-bond acceptors (Lipinski definition) is 3. The van der Waals surface area contributed by atoms with E-state index in [4.69, 9.17) is 9.94 Å². The quantitative estimate of drug-likeness (QED) is 0.604. The molecule has 2 aliphatic carbocycles. The van der Waals surface area contributed by atoms with Crippen LogP contribution >= 0.6 is 0 Å². The number of ether oxygens (including phenoxy) is 1. The third-order valence-corrected chi connectivity index (χ3v) is 4.82. The highest BCUT2D eigenvalue weighted by Crippen LogP contribution is 2.33. The molecule has 1 amide bonds. The SMILES string of the molecule is O=C(CC1CCC(OCC2CC(F)C(F)CC2F)CC1)NO. The molecule has 4 nitrogen and oxygen atoms in total. The van der Waals surface area contributed by atoms with E-state index in [9.17, 15) is 18.0 Å². The summed E-state index contributed by atoms with van der Waals surface area (Å²) in [6.45, 7) is 0.126. The molecule has 0 aromatic rings. The van der Waals surface area contributed by atoms with Crippen molar-refractivity contribution >= 4 is 5.91 Å². The van der Waals surface area contributed by atoms with Crippen LogP contribution in [0.5, 0.6) is 0 Å². The van der Waals surface area contributed by atoms with Crippen LogP contribution in [0.4, 0.5) is 13.2 Å². The number of nitrogens with one attached hydrogen (secondary N) is 1. The van der Waals surface area contributed by atoms with Crippen molar-refractivity contribution < 1.29 is 27.9 Å². The molecule has 2 N–H and O–H groups in total. The van der Waals surface area contributed by atoms with Crippen molar-refractivity contribution in [2.75, 3.05) is 6.61 Å². The average Bonchev–Trinajstić information content (AvgIpc) is 2.51. The number of carbonyl (C=O) groups is 1. The molecule has 0 heterocycles. The van der Waals surface area contributed by atoms with Crippen LogP contribution in [0.2, 0.25) is 0 Å². The molecule has 0 spiro atoms. The predicted octanol–water partition coefficient (Wildman–Crippen LogP) is 2.88. The van der Waals surface area contributed by atoms with Crippen LogP contribution in [0.1, 0.15) is 44.9 Å². The zero-order chi connectivity index (χ0) is 16.1. The van der Waals surface area contributed by atoms with Crippen LogP contribution in [-0.4, -0.2) is 42.3 Å². The summed E-state index contributed by atoms with van der Waals surface area (Å²) in [7, 11) is 0. The molecule has 2 aliphatic rings. The Kier molecular flexibility index (Phi) is 6.50. The van der Waals surface area contributed by atoms with Crippen LogP contribution in [0.25, 0.3) is 0 Å². The topological polar surface area (TPSA) is 58.6 Å². The lowest BCUT2D eigenvalue weighted by Gasteiger charge is -2.33. The molecule has 2 fully saturated rings. The lowest BCUT2D eigenvalue weighted by molar-refractivity contribution is -0.130. The molecule has 2 saturated carbocycles. The van der Waals surface area contributed by atoms with Crippen molar-refractivity contribution in [2.24, 2.45) is 11.8 Å². The largest absolute Gasteiger partial charge is 0.378 e. The van der Waals surface area contributed by atoms with Gasteiger partial charge in [-0.2, -0.15) is 0 Å². The van der Waals surface area contributed by atoms with Gasteiger partial charge in [0, 0.05) is 18.8 Å². The number of rotatable bonds is 5. The Hall–Kier alpha value is -0.820. The number of hydrogen-bond donors (Lipinski definition) is 2. The average molecular weight is 323 g/mol. The van der Waals surface area contributed by atoms with E-state index < -0.39 is 24.4 Å². The second-order valence-electron chi connectivity index (χ2n) is 6.49. The fraction of sp³-hybridized carbons (Fsp3) is 0.933. The summed E-state index contributed by atoms with van der Waals surface area (Å²) >= 11 is 0. The Morgan fingerprint density at radius 3 is 2.32 bits per heavy atom. The minimum absolute atomic E-state index is 0.0122. The highest BCUT2D eigenvalue weighted by molar-refractivity contribution is 5.74. The molecule has 0 aliphatic heterocycles. The first kappa shape index (κ1) is 17.5. The molecule has 7 heteroatoms. The molecule has 4 atom stereocenters. The lowest BCUT2D eigenvalue weighted by Crippen LogP contribution is -2.38. The zero-order valence-electron chi connectivity index (χ0n) is 12.5. The molecular formula is C15H24F3NO3. The van der Waals surface area contributed by atoms with Crippen LogP contribution in [0, 0.1) is 11.8 Å². The Morgan fingerprint density at radius 2 is 1.68 bits per heavy atom. The van der Waals surface area contributed by atoms with E-state index in [2.05, 4.69) is 0 Å². The highest BCUT2D eigenvalue weighted by atomic mass is 19.2. The molecule has 0 aromatic heterocycles. The third-order valence-electron chi connectivity index (χ3n) is 4.82. The molecule has 0 aromatic carbocycles. The van der Waals surface area contributed by atoms with E-state index in [1.54, 1.807) is 5.48 Å². The molecule has 4 unspecified atom stereocenters. The van der Waals surface area contributed by atoms with Crippen LogP contribution < -0.4 is 5.48 Å². The molecule has 22 heavy (non-hydrogen) atoms. The second kappa shape index (κ2) is 8.15. The maximum absolute atomic E-state index is 13.7. The van der Waals surface area contributed by atoms with E-state index >= 15 is 0 Å². The molecule has 0 saturated heterocycles. The molecule has 0 bridgehead atoms. The van der Waals surface area contributed by atoms with Gasteiger partial charge in [0.15, 0.2) is 0 Å². The maximum Gasteiger partial charge on any atom is 0.243 e. The summed E-state index contributed by atoms with van der Waals surface area (Å²) in [5.41, 5.74) is 1.63. The Labute approximate surface area is 128 Å². The summed E-state index contributed by atoms with van der Waals surface area (Å²) in [5, 5.41) is 8.49. The number of hydroxylamine groups is 1. The number of amides is 1. The number of halogens is 3. The first-order valence-corrected chi connectivity index (χ1v) is 7.96. The molecular weight excluding hydrogens is 299 g/mol. The minimum Gasteiger partial charge on any atom is -0.378 e. The van der Waals surface area contributed by atoms with Crippen LogP contribution in [0.3, 0.4) is 0 Å². The van der Waals surface area contributed by atoms with E-state index in [1.165, 1.54) is 0 Å². The van der Waals surface area contributed by atoms with E-state index in [0.29, 0.717) is 6.42 Å². The van der Waals surface area contributed by atoms with Gasteiger partial charge in [0.2, 0.25) is 5.91 Å². The number of alkyl halides is 3. The fourth-order valence-electron chi connectivity index (χ4n) is 3.38. The van der Waals surface area contributed by atoms with Gasteiger partial charge in [-0.1, -0.05) is 0 Å². The second-order valence-corrected chi connectivity index (χ2v) is 6.49. The summed E-state index contributed by atoms with van der Waals surface area (Å²) in [4.78, 5) is 11.1. The van der Waals surface area contributed by atoms with Crippen molar-refractivity contribution in [1.82, 2.24) is 5.48 Å². The van der Waals surface area contributed by atoms with Gasteiger partial charge in [0.1, 0.15) is 18.5 Å². The van der Waals surface area contributed by atoms with E-state index in [-0.39, 0.29) is 37.4 Å². The van der Waals surface area contributed by atoms with Gasteiger partial charge in [0.25, 0.3) is 0 Å². The minimum atomic E-state index is -1.70. The smallest absolute Gasteiger partial charge is 0.243 e. The van der Waals surface area contributed by atoms with Gasteiger partial charge >= 0.3 is 0 Å². The molecule has 0 radical (unpaired) electrons. The van der Waals surface area contributed by atoms with Crippen molar-refractivity contribution in [2.45, 2.75) is 69.6 Å². The van der Waals surface area contributed by atoms with Crippen molar-refractivity contribution in [3.05, 3.63) is 0 Å². The van der Waals surface area contributed by atoms with Gasteiger partial charge in [-0.05, 0) is 38.0 Å². The van der Waals surface area contributed by atoms with Crippen LogP contribution in [0.15, 0.2) is 0 Å². The fourth-order valence-corrected chi connectivity index (χ4v) is 3.38. The maximum atomic E-state index is 13.7. The Morgan fingerprint density at radius 1 is 1.05 bits per heavy atom.